The van der Waals surface area contributed by atoms with E-state index in [2.05, 4.69) is 21.7 Å². The number of carbonyl (C=O) groups is 1. The molecule has 0 spiro atoms. The molecule has 1 aromatic heterocycles. The molecule has 0 bridgehead atoms. The van der Waals surface area contributed by atoms with E-state index in [4.69, 9.17) is 4.74 Å². The maximum atomic E-state index is 12.6. The third-order valence-electron chi connectivity index (χ3n) is 3.94. The molecule has 0 aliphatic carbocycles. The van der Waals surface area contributed by atoms with Crippen LogP contribution in [0.15, 0.2) is 60.8 Å². The number of nitrogens with one attached hydrogen (secondary N) is 2. The number of benzene rings is 2. The highest BCUT2D eigenvalue weighted by atomic mass is 16.5. The monoisotopic (exact) mass is 361 g/mol. The van der Waals surface area contributed by atoms with Crippen molar-refractivity contribution in [3.05, 3.63) is 77.5 Å². The first kappa shape index (κ1) is 18.5. The first-order valence-corrected chi connectivity index (χ1v) is 8.89. The van der Waals surface area contributed by atoms with Crippen molar-refractivity contribution in [2.24, 2.45) is 0 Å². The molecule has 0 radical (unpaired) electrons. The van der Waals surface area contributed by atoms with Gasteiger partial charge in [-0.3, -0.25) is 4.79 Å². The third-order valence-corrected chi connectivity index (χ3v) is 3.94. The second kappa shape index (κ2) is 8.36. The maximum absolute atomic E-state index is 12.6. The number of anilines is 3. The van der Waals surface area contributed by atoms with Gasteiger partial charge in [0.15, 0.2) is 0 Å². The number of pyridine rings is 1. The number of nitrogens with zero attached hydrogens (tertiary/aromatic N) is 1. The Balaban J connectivity index is 1.71. The Hall–Kier alpha value is -3.34. The van der Waals surface area contributed by atoms with Gasteiger partial charge < -0.3 is 15.4 Å². The van der Waals surface area contributed by atoms with Crippen LogP contribution in [-0.4, -0.2) is 17.5 Å². The van der Waals surface area contributed by atoms with Crippen LogP contribution < -0.4 is 15.4 Å². The van der Waals surface area contributed by atoms with Crippen molar-refractivity contribution in [3.63, 3.8) is 0 Å². The molecule has 0 atom stereocenters. The Morgan fingerprint density at radius 1 is 0.963 bits per heavy atom. The van der Waals surface area contributed by atoms with E-state index >= 15 is 0 Å². The van der Waals surface area contributed by atoms with Crippen molar-refractivity contribution < 1.29 is 9.53 Å². The minimum absolute atomic E-state index is 0.169. The van der Waals surface area contributed by atoms with E-state index in [0.29, 0.717) is 18.0 Å². The van der Waals surface area contributed by atoms with Gasteiger partial charge in [-0.2, -0.15) is 0 Å². The van der Waals surface area contributed by atoms with Gasteiger partial charge in [0.25, 0.3) is 5.91 Å². The lowest BCUT2D eigenvalue weighted by Gasteiger charge is -2.10. The van der Waals surface area contributed by atoms with Crippen LogP contribution in [0.3, 0.4) is 0 Å². The fourth-order valence-electron chi connectivity index (χ4n) is 2.84. The van der Waals surface area contributed by atoms with Gasteiger partial charge in [0.1, 0.15) is 11.6 Å². The van der Waals surface area contributed by atoms with Gasteiger partial charge in [-0.05, 0) is 80.4 Å². The van der Waals surface area contributed by atoms with Crippen molar-refractivity contribution >= 4 is 23.1 Å². The number of rotatable bonds is 6. The number of ether oxygens (including phenoxy) is 1. The molecule has 2 aromatic carbocycles. The number of hydrogen-bond donors (Lipinski definition) is 2. The van der Waals surface area contributed by atoms with Crippen LogP contribution in [0.2, 0.25) is 0 Å². The topological polar surface area (TPSA) is 63.2 Å². The highest BCUT2D eigenvalue weighted by Crippen LogP contribution is 2.20. The van der Waals surface area contributed by atoms with E-state index in [1.54, 1.807) is 18.3 Å². The average Bonchev–Trinajstić information content (AvgIpc) is 2.63. The Morgan fingerprint density at radius 3 is 2.33 bits per heavy atom. The van der Waals surface area contributed by atoms with E-state index < -0.39 is 0 Å². The molecule has 27 heavy (non-hydrogen) atoms. The van der Waals surface area contributed by atoms with Crippen LogP contribution in [0, 0.1) is 13.8 Å². The lowest BCUT2D eigenvalue weighted by atomic mass is 10.1. The van der Waals surface area contributed by atoms with Crippen molar-refractivity contribution in [1.82, 2.24) is 4.98 Å². The molecule has 3 rings (SSSR count). The lowest BCUT2D eigenvalue weighted by Crippen LogP contribution is -2.12. The zero-order chi connectivity index (χ0) is 19.2. The summed E-state index contributed by atoms with van der Waals surface area (Å²) in [5.41, 5.74) is 4.42. The van der Waals surface area contributed by atoms with E-state index in [0.717, 1.165) is 28.3 Å². The molecule has 138 valence electrons. The predicted octanol–water partition coefficient (Wildman–Crippen LogP) is 5.09. The Labute approximate surface area is 159 Å². The van der Waals surface area contributed by atoms with Gasteiger partial charge in [-0.25, -0.2) is 4.98 Å². The van der Waals surface area contributed by atoms with Gasteiger partial charge in [0.2, 0.25) is 0 Å². The summed E-state index contributed by atoms with van der Waals surface area (Å²) in [4.78, 5) is 16.9. The van der Waals surface area contributed by atoms with E-state index in [1.165, 1.54) is 0 Å². The SMILES string of the molecule is CCOc1ccc(Nc2cc(C(=O)Nc3cc(C)cc(C)c3)ccn2)cc1. The zero-order valence-electron chi connectivity index (χ0n) is 15.7. The largest absolute Gasteiger partial charge is 0.494 e. The second-order valence-electron chi connectivity index (χ2n) is 6.34. The summed E-state index contributed by atoms with van der Waals surface area (Å²) < 4.78 is 5.44. The fourth-order valence-corrected chi connectivity index (χ4v) is 2.84. The summed E-state index contributed by atoms with van der Waals surface area (Å²) in [6, 6.07) is 17.0. The molecule has 0 fully saturated rings. The molecule has 5 heteroatoms. The highest BCUT2D eigenvalue weighted by molar-refractivity contribution is 6.04. The van der Waals surface area contributed by atoms with Crippen molar-refractivity contribution in [1.29, 1.82) is 0 Å². The molecule has 0 aliphatic rings. The fraction of sp³-hybridized carbons (Fsp3) is 0.182. The second-order valence-corrected chi connectivity index (χ2v) is 6.34. The highest BCUT2D eigenvalue weighted by Gasteiger charge is 2.08. The minimum atomic E-state index is -0.169. The summed E-state index contributed by atoms with van der Waals surface area (Å²) in [5.74, 6) is 1.25. The van der Waals surface area contributed by atoms with Gasteiger partial charge >= 0.3 is 0 Å². The normalized spacial score (nSPS) is 10.3. The number of carbonyl (C=O) groups excluding carboxylic acids is 1. The lowest BCUT2D eigenvalue weighted by molar-refractivity contribution is 0.102. The predicted molar refractivity (Wildman–Crippen MR) is 109 cm³/mol. The standard InChI is InChI=1S/C22H23N3O2/c1-4-27-20-7-5-18(6-8-20)24-21-14-17(9-10-23-21)22(26)25-19-12-15(2)11-16(3)13-19/h5-14H,4H2,1-3H3,(H,23,24)(H,25,26). The molecular weight excluding hydrogens is 338 g/mol. The summed E-state index contributed by atoms with van der Waals surface area (Å²) in [6.45, 7) is 6.60. The first-order valence-electron chi connectivity index (χ1n) is 8.89. The number of aromatic nitrogens is 1. The Kier molecular flexibility index (Phi) is 5.71. The first-order chi connectivity index (χ1) is 13.0. The molecule has 1 amide bonds. The van der Waals surface area contributed by atoms with Crippen LogP contribution in [-0.2, 0) is 0 Å². The number of amides is 1. The summed E-state index contributed by atoms with van der Waals surface area (Å²) in [5, 5.41) is 6.15. The van der Waals surface area contributed by atoms with Crippen LogP contribution >= 0.6 is 0 Å². The smallest absolute Gasteiger partial charge is 0.255 e. The van der Waals surface area contributed by atoms with Crippen LogP contribution in [0.4, 0.5) is 17.2 Å². The molecular formula is C22H23N3O2. The minimum Gasteiger partial charge on any atom is -0.494 e. The average molecular weight is 361 g/mol. The zero-order valence-corrected chi connectivity index (χ0v) is 15.7. The van der Waals surface area contributed by atoms with E-state index in [-0.39, 0.29) is 5.91 Å². The number of aryl methyl sites for hydroxylation is 2. The number of hydrogen-bond acceptors (Lipinski definition) is 4. The molecule has 0 saturated heterocycles. The van der Waals surface area contributed by atoms with Crippen LogP contribution in [0.5, 0.6) is 5.75 Å². The van der Waals surface area contributed by atoms with Gasteiger partial charge in [0, 0.05) is 23.1 Å². The Morgan fingerprint density at radius 2 is 1.67 bits per heavy atom. The van der Waals surface area contributed by atoms with Gasteiger partial charge in [0.05, 0.1) is 6.61 Å². The van der Waals surface area contributed by atoms with E-state index in [1.807, 2.05) is 57.2 Å². The summed E-state index contributed by atoms with van der Waals surface area (Å²) in [6.07, 6.45) is 1.62. The quantitative estimate of drug-likeness (QED) is 0.642. The van der Waals surface area contributed by atoms with Gasteiger partial charge in [-0.15, -0.1) is 0 Å². The van der Waals surface area contributed by atoms with Crippen molar-refractivity contribution in [3.8, 4) is 5.75 Å². The summed E-state index contributed by atoms with van der Waals surface area (Å²) in [7, 11) is 0. The third kappa shape index (κ3) is 5.07. The molecule has 5 nitrogen and oxygen atoms in total. The van der Waals surface area contributed by atoms with Crippen LogP contribution in [0.1, 0.15) is 28.4 Å². The maximum Gasteiger partial charge on any atom is 0.255 e. The molecule has 0 saturated carbocycles. The van der Waals surface area contributed by atoms with Crippen molar-refractivity contribution in [2.45, 2.75) is 20.8 Å². The summed E-state index contributed by atoms with van der Waals surface area (Å²) >= 11 is 0. The van der Waals surface area contributed by atoms with Gasteiger partial charge in [-0.1, -0.05) is 6.07 Å². The Bertz CT molecular complexity index is 916. The van der Waals surface area contributed by atoms with Crippen LogP contribution in [0.25, 0.3) is 0 Å². The van der Waals surface area contributed by atoms with E-state index in [9.17, 15) is 4.79 Å². The molecule has 2 N–H and O–H groups in total. The molecule has 3 aromatic rings. The molecule has 1 heterocycles. The molecule has 0 aliphatic heterocycles. The van der Waals surface area contributed by atoms with Crippen molar-refractivity contribution in [2.75, 3.05) is 17.2 Å². The molecule has 0 unspecified atom stereocenters.